The molecule has 0 bridgehead atoms. The molecule has 0 aromatic heterocycles. The highest BCUT2D eigenvalue weighted by Crippen LogP contribution is 2.19. The van der Waals surface area contributed by atoms with Gasteiger partial charge in [0.15, 0.2) is 0 Å². The van der Waals surface area contributed by atoms with Gasteiger partial charge >= 0.3 is 0 Å². The molecule has 2 saturated heterocycles. The van der Waals surface area contributed by atoms with E-state index in [1.807, 2.05) is 7.05 Å². The molecule has 3 rings (SSSR count). The van der Waals surface area contributed by atoms with Crippen LogP contribution in [0.5, 0.6) is 0 Å². The summed E-state index contributed by atoms with van der Waals surface area (Å²) < 4.78 is 32.8. The number of likely N-dealkylation sites (N-methyl/N-ethyl adjacent to an activating group) is 1. The third kappa shape index (κ3) is 4.62. The van der Waals surface area contributed by atoms with E-state index in [9.17, 15) is 13.2 Å². The van der Waals surface area contributed by atoms with Gasteiger partial charge in [0.05, 0.1) is 4.90 Å². The van der Waals surface area contributed by atoms with Crippen LogP contribution in [-0.4, -0.2) is 76.0 Å². The Morgan fingerprint density at radius 3 is 2.69 bits per heavy atom. The van der Waals surface area contributed by atoms with Crippen molar-refractivity contribution in [2.45, 2.75) is 30.2 Å². The fourth-order valence-corrected chi connectivity index (χ4v) is 4.84. The standard InChI is InChI=1S/C18H27N3O4S/c1-20-8-3-9-21(11-10-20)26(23,24)17-5-2-4-15(14-17)18(22)19-16-6-12-25-13-7-16/h2,4-5,14,16H,3,6-13H2,1H3,(H,19,22). The largest absolute Gasteiger partial charge is 0.381 e. The van der Waals surface area contributed by atoms with Crippen LogP contribution in [0.2, 0.25) is 0 Å². The first kappa shape index (κ1) is 19.3. The van der Waals surface area contributed by atoms with E-state index in [4.69, 9.17) is 4.74 Å². The zero-order valence-electron chi connectivity index (χ0n) is 15.2. The molecule has 2 aliphatic rings. The number of carbonyl (C=O) groups excluding carboxylic acids is 1. The van der Waals surface area contributed by atoms with Crippen molar-refractivity contribution in [3.8, 4) is 0 Å². The first-order valence-corrected chi connectivity index (χ1v) is 10.6. The van der Waals surface area contributed by atoms with E-state index in [-0.39, 0.29) is 16.8 Å². The van der Waals surface area contributed by atoms with Crippen molar-refractivity contribution in [1.29, 1.82) is 0 Å². The lowest BCUT2D eigenvalue weighted by Crippen LogP contribution is -2.39. The van der Waals surface area contributed by atoms with E-state index in [0.717, 1.165) is 25.8 Å². The Hall–Kier alpha value is -1.48. The van der Waals surface area contributed by atoms with Gasteiger partial charge in [-0.1, -0.05) is 6.07 Å². The van der Waals surface area contributed by atoms with E-state index >= 15 is 0 Å². The molecule has 7 nitrogen and oxygen atoms in total. The predicted octanol–water partition coefficient (Wildman–Crippen LogP) is 0.922. The maximum Gasteiger partial charge on any atom is 0.251 e. The van der Waals surface area contributed by atoms with Crippen molar-refractivity contribution >= 4 is 15.9 Å². The minimum Gasteiger partial charge on any atom is -0.381 e. The second kappa shape index (κ2) is 8.47. The van der Waals surface area contributed by atoms with Crippen LogP contribution in [0.4, 0.5) is 0 Å². The summed E-state index contributed by atoms with van der Waals surface area (Å²) in [5, 5.41) is 2.98. The van der Waals surface area contributed by atoms with E-state index in [1.54, 1.807) is 18.2 Å². The number of carbonyl (C=O) groups is 1. The Balaban J connectivity index is 1.74. The Labute approximate surface area is 155 Å². The summed E-state index contributed by atoms with van der Waals surface area (Å²) in [4.78, 5) is 14.8. The zero-order valence-corrected chi connectivity index (χ0v) is 16.0. The SMILES string of the molecule is CN1CCCN(S(=O)(=O)c2cccc(C(=O)NC3CCOCC3)c2)CC1. The van der Waals surface area contributed by atoms with Crippen LogP contribution >= 0.6 is 0 Å². The van der Waals surface area contributed by atoms with Crippen LogP contribution in [0.1, 0.15) is 29.6 Å². The normalized spacial score (nSPS) is 21.3. The molecule has 144 valence electrons. The van der Waals surface area contributed by atoms with Gasteiger partial charge in [-0.05, 0) is 51.1 Å². The van der Waals surface area contributed by atoms with Crippen LogP contribution in [0, 0.1) is 0 Å². The Morgan fingerprint density at radius 1 is 1.15 bits per heavy atom. The molecule has 0 saturated carbocycles. The Morgan fingerprint density at radius 2 is 1.92 bits per heavy atom. The van der Waals surface area contributed by atoms with Gasteiger partial charge in [0.2, 0.25) is 10.0 Å². The Bertz CT molecular complexity index is 732. The van der Waals surface area contributed by atoms with E-state index in [2.05, 4.69) is 10.2 Å². The molecule has 1 aromatic rings. The summed E-state index contributed by atoms with van der Waals surface area (Å²) in [6.07, 6.45) is 2.37. The molecular formula is C18H27N3O4S. The van der Waals surface area contributed by atoms with Crippen LogP contribution in [0.3, 0.4) is 0 Å². The minimum atomic E-state index is -3.59. The Kier molecular flexibility index (Phi) is 6.29. The predicted molar refractivity (Wildman–Crippen MR) is 98.6 cm³/mol. The van der Waals surface area contributed by atoms with Gasteiger partial charge in [0.1, 0.15) is 0 Å². The quantitative estimate of drug-likeness (QED) is 0.839. The van der Waals surface area contributed by atoms with Gasteiger partial charge in [0, 0.05) is 44.5 Å². The second-order valence-corrected chi connectivity index (χ2v) is 8.89. The third-order valence-electron chi connectivity index (χ3n) is 4.97. The van der Waals surface area contributed by atoms with Gasteiger partial charge in [-0.3, -0.25) is 4.79 Å². The number of ether oxygens (including phenoxy) is 1. The number of rotatable bonds is 4. The lowest BCUT2D eigenvalue weighted by atomic mass is 10.1. The molecule has 2 heterocycles. The van der Waals surface area contributed by atoms with Crippen molar-refractivity contribution in [3.05, 3.63) is 29.8 Å². The summed E-state index contributed by atoms with van der Waals surface area (Å²) in [6.45, 7) is 3.86. The summed E-state index contributed by atoms with van der Waals surface area (Å²) in [7, 11) is -1.59. The summed E-state index contributed by atoms with van der Waals surface area (Å²) in [5.74, 6) is -0.232. The summed E-state index contributed by atoms with van der Waals surface area (Å²) >= 11 is 0. The molecule has 0 unspecified atom stereocenters. The van der Waals surface area contributed by atoms with Crippen LogP contribution < -0.4 is 5.32 Å². The molecule has 0 atom stereocenters. The van der Waals surface area contributed by atoms with Gasteiger partial charge < -0.3 is 15.0 Å². The van der Waals surface area contributed by atoms with Gasteiger partial charge in [-0.15, -0.1) is 0 Å². The van der Waals surface area contributed by atoms with Crippen molar-refractivity contribution in [3.63, 3.8) is 0 Å². The second-order valence-electron chi connectivity index (χ2n) is 6.95. The molecule has 2 fully saturated rings. The summed E-state index contributed by atoms with van der Waals surface area (Å²) in [5.41, 5.74) is 0.379. The van der Waals surface area contributed by atoms with Crippen molar-refractivity contribution < 1.29 is 17.9 Å². The number of nitrogens with zero attached hydrogens (tertiary/aromatic N) is 2. The maximum atomic E-state index is 13.0. The lowest BCUT2D eigenvalue weighted by Gasteiger charge is -2.23. The van der Waals surface area contributed by atoms with Crippen molar-refractivity contribution in [2.75, 3.05) is 46.4 Å². The summed E-state index contributed by atoms with van der Waals surface area (Å²) in [6, 6.07) is 6.42. The van der Waals surface area contributed by atoms with E-state index in [1.165, 1.54) is 10.4 Å². The molecule has 0 radical (unpaired) electrons. The number of benzene rings is 1. The molecule has 1 N–H and O–H groups in total. The van der Waals surface area contributed by atoms with Crippen molar-refractivity contribution in [1.82, 2.24) is 14.5 Å². The monoisotopic (exact) mass is 381 g/mol. The van der Waals surface area contributed by atoms with Crippen LogP contribution in [0.15, 0.2) is 29.2 Å². The third-order valence-corrected chi connectivity index (χ3v) is 6.86. The number of nitrogens with one attached hydrogen (secondary N) is 1. The number of amides is 1. The molecule has 1 aromatic carbocycles. The number of hydrogen-bond donors (Lipinski definition) is 1. The van der Waals surface area contributed by atoms with Gasteiger partial charge in [-0.2, -0.15) is 4.31 Å². The average Bonchev–Trinajstić information content (AvgIpc) is 2.87. The molecule has 8 heteroatoms. The fraction of sp³-hybridized carbons (Fsp3) is 0.611. The molecule has 0 spiro atoms. The average molecular weight is 381 g/mol. The minimum absolute atomic E-state index is 0.0812. The highest BCUT2D eigenvalue weighted by Gasteiger charge is 2.27. The zero-order chi connectivity index (χ0) is 18.6. The first-order valence-electron chi connectivity index (χ1n) is 9.14. The maximum absolute atomic E-state index is 13.0. The van der Waals surface area contributed by atoms with E-state index in [0.29, 0.717) is 38.4 Å². The molecule has 26 heavy (non-hydrogen) atoms. The first-order chi connectivity index (χ1) is 12.5. The molecular weight excluding hydrogens is 354 g/mol. The van der Waals surface area contributed by atoms with Gasteiger partial charge in [-0.25, -0.2) is 8.42 Å². The van der Waals surface area contributed by atoms with Gasteiger partial charge in [0.25, 0.3) is 5.91 Å². The van der Waals surface area contributed by atoms with Crippen LogP contribution in [0.25, 0.3) is 0 Å². The van der Waals surface area contributed by atoms with Crippen LogP contribution in [-0.2, 0) is 14.8 Å². The molecule has 1 amide bonds. The van der Waals surface area contributed by atoms with Crippen molar-refractivity contribution in [2.24, 2.45) is 0 Å². The molecule has 0 aliphatic carbocycles. The topological polar surface area (TPSA) is 79.0 Å². The number of sulfonamides is 1. The number of hydrogen-bond acceptors (Lipinski definition) is 5. The lowest BCUT2D eigenvalue weighted by molar-refractivity contribution is 0.0696. The van der Waals surface area contributed by atoms with E-state index < -0.39 is 10.0 Å². The highest BCUT2D eigenvalue weighted by molar-refractivity contribution is 7.89. The fourth-order valence-electron chi connectivity index (χ4n) is 3.32. The highest BCUT2D eigenvalue weighted by atomic mass is 32.2. The smallest absolute Gasteiger partial charge is 0.251 e. The molecule has 2 aliphatic heterocycles.